The van der Waals surface area contributed by atoms with Crippen LogP contribution < -0.4 is 5.32 Å². The lowest BCUT2D eigenvalue weighted by atomic mass is 10.1. The second-order valence-corrected chi connectivity index (χ2v) is 4.90. The molecule has 2 amide bonds. The van der Waals surface area contributed by atoms with Gasteiger partial charge in [-0.15, -0.1) is 0 Å². The molecule has 0 aliphatic rings. The summed E-state index contributed by atoms with van der Waals surface area (Å²) < 4.78 is 39.5. The van der Waals surface area contributed by atoms with Gasteiger partial charge in [-0.05, 0) is 19.4 Å². The standard InChI is InChI=1S/C15H18F3N3O/c1-3-21(10-11(2)9-19)14(22)20-13(15(16,17)18)12-7-5-4-6-8-12/h4-8,11,13H,3,10H2,1-2H3,(H,20,22)/t11-,13+/m1/s1. The number of nitriles is 1. The van der Waals surface area contributed by atoms with Crippen molar-refractivity contribution in [2.24, 2.45) is 5.92 Å². The second kappa shape index (κ2) is 7.69. The molecule has 4 nitrogen and oxygen atoms in total. The van der Waals surface area contributed by atoms with Gasteiger partial charge in [0.15, 0.2) is 6.04 Å². The average Bonchev–Trinajstić information content (AvgIpc) is 2.49. The van der Waals surface area contributed by atoms with Crippen molar-refractivity contribution in [3.8, 4) is 6.07 Å². The maximum Gasteiger partial charge on any atom is 0.412 e. The molecule has 0 aliphatic heterocycles. The third-order valence-electron chi connectivity index (χ3n) is 3.11. The monoisotopic (exact) mass is 313 g/mol. The molecule has 1 aromatic rings. The fourth-order valence-corrected chi connectivity index (χ4v) is 1.94. The van der Waals surface area contributed by atoms with Crippen molar-refractivity contribution in [2.75, 3.05) is 13.1 Å². The molecule has 0 saturated carbocycles. The molecule has 0 bridgehead atoms. The maximum atomic E-state index is 13.2. The predicted octanol–water partition coefficient (Wildman–Crippen LogP) is 3.48. The van der Waals surface area contributed by atoms with E-state index in [9.17, 15) is 18.0 Å². The molecule has 0 heterocycles. The number of nitrogens with zero attached hydrogens (tertiary/aromatic N) is 2. The molecule has 0 saturated heterocycles. The van der Waals surface area contributed by atoms with Gasteiger partial charge >= 0.3 is 12.2 Å². The van der Waals surface area contributed by atoms with Crippen LogP contribution in [0.2, 0.25) is 0 Å². The van der Waals surface area contributed by atoms with Gasteiger partial charge in [0, 0.05) is 13.1 Å². The molecule has 1 N–H and O–H groups in total. The summed E-state index contributed by atoms with van der Waals surface area (Å²) >= 11 is 0. The molecule has 0 aliphatic carbocycles. The van der Waals surface area contributed by atoms with Crippen LogP contribution >= 0.6 is 0 Å². The summed E-state index contributed by atoms with van der Waals surface area (Å²) in [7, 11) is 0. The van der Waals surface area contributed by atoms with Crippen molar-refractivity contribution < 1.29 is 18.0 Å². The van der Waals surface area contributed by atoms with E-state index in [0.717, 1.165) is 0 Å². The number of halogens is 3. The van der Waals surface area contributed by atoms with Gasteiger partial charge in [-0.2, -0.15) is 18.4 Å². The van der Waals surface area contributed by atoms with Gasteiger partial charge in [0.1, 0.15) is 0 Å². The molecule has 0 aromatic heterocycles. The third kappa shape index (κ3) is 4.95. The summed E-state index contributed by atoms with van der Waals surface area (Å²) in [6.45, 7) is 3.55. The molecule has 120 valence electrons. The zero-order chi connectivity index (χ0) is 16.8. The molecule has 22 heavy (non-hydrogen) atoms. The van der Waals surface area contributed by atoms with Crippen LogP contribution in [0.15, 0.2) is 30.3 Å². The van der Waals surface area contributed by atoms with E-state index in [-0.39, 0.29) is 18.7 Å². The quantitative estimate of drug-likeness (QED) is 0.905. The van der Waals surface area contributed by atoms with E-state index in [2.05, 4.69) is 0 Å². The SMILES string of the molecule is CCN(C[C@H](C)C#N)C(=O)N[C@@H](c1ccccc1)C(F)(F)F. The van der Waals surface area contributed by atoms with E-state index in [1.807, 2.05) is 11.4 Å². The van der Waals surface area contributed by atoms with Crippen LogP contribution in [0.5, 0.6) is 0 Å². The van der Waals surface area contributed by atoms with E-state index in [4.69, 9.17) is 5.26 Å². The highest BCUT2D eigenvalue weighted by Crippen LogP contribution is 2.32. The molecular weight excluding hydrogens is 295 g/mol. The van der Waals surface area contributed by atoms with Gasteiger partial charge in [-0.3, -0.25) is 0 Å². The lowest BCUT2D eigenvalue weighted by Gasteiger charge is -2.27. The van der Waals surface area contributed by atoms with Crippen molar-refractivity contribution in [3.05, 3.63) is 35.9 Å². The Kier molecular flexibility index (Phi) is 6.23. The number of carbonyl (C=O) groups is 1. The number of amides is 2. The van der Waals surface area contributed by atoms with Crippen LogP contribution in [-0.4, -0.2) is 30.2 Å². The van der Waals surface area contributed by atoms with Gasteiger partial charge < -0.3 is 10.2 Å². The first-order valence-electron chi connectivity index (χ1n) is 6.86. The lowest BCUT2D eigenvalue weighted by Crippen LogP contribution is -2.46. The largest absolute Gasteiger partial charge is 0.412 e. The highest BCUT2D eigenvalue weighted by Gasteiger charge is 2.42. The normalized spacial score (nSPS) is 13.8. The van der Waals surface area contributed by atoms with Crippen molar-refractivity contribution in [1.82, 2.24) is 10.2 Å². The van der Waals surface area contributed by atoms with Crippen molar-refractivity contribution in [1.29, 1.82) is 5.26 Å². The minimum Gasteiger partial charge on any atom is -0.324 e. The zero-order valence-electron chi connectivity index (χ0n) is 12.4. The summed E-state index contributed by atoms with van der Waals surface area (Å²) in [6.07, 6.45) is -4.60. The summed E-state index contributed by atoms with van der Waals surface area (Å²) in [5.74, 6) is -0.452. The van der Waals surface area contributed by atoms with Crippen molar-refractivity contribution in [2.45, 2.75) is 26.1 Å². The summed E-state index contributed by atoms with van der Waals surface area (Å²) in [5.41, 5.74) is -0.0345. The average molecular weight is 313 g/mol. The first-order valence-corrected chi connectivity index (χ1v) is 6.86. The Labute approximate surface area is 127 Å². The fourth-order valence-electron chi connectivity index (χ4n) is 1.94. The number of benzene rings is 1. The number of hydrogen-bond acceptors (Lipinski definition) is 2. The van der Waals surface area contributed by atoms with Gasteiger partial charge in [-0.1, -0.05) is 30.3 Å². The van der Waals surface area contributed by atoms with Crippen molar-refractivity contribution >= 4 is 6.03 Å². The van der Waals surface area contributed by atoms with Crippen molar-refractivity contribution in [3.63, 3.8) is 0 Å². The van der Waals surface area contributed by atoms with Crippen LogP contribution in [0.3, 0.4) is 0 Å². The van der Waals surface area contributed by atoms with Crippen LogP contribution in [0, 0.1) is 17.2 Å². The Morgan fingerprint density at radius 1 is 1.36 bits per heavy atom. The zero-order valence-corrected chi connectivity index (χ0v) is 12.4. The third-order valence-corrected chi connectivity index (χ3v) is 3.11. The smallest absolute Gasteiger partial charge is 0.324 e. The van der Waals surface area contributed by atoms with Crippen LogP contribution in [0.1, 0.15) is 25.5 Å². The molecule has 2 atom stereocenters. The number of alkyl halides is 3. The summed E-state index contributed by atoms with van der Waals surface area (Å²) in [4.78, 5) is 13.3. The first kappa shape index (κ1) is 17.8. The Bertz CT molecular complexity index is 525. The highest BCUT2D eigenvalue weighted by atomic mass is 19.4. The van der Waals surface area contributed by atoms with E-state index in [1.54, 1.807) is 19.9 Å². The van der Waals surface area contributed by atoms with E-state index in [1.165, 1.54) is 29.2 Å². The fraction of sp³-hybridized carbons (Fsp3) is 0.467. The Balaban J connectivity index is 2.90. The Hall–Kier alpha value is -2.23. The van der Waals surface area contributed by atoms with Gasteiger partial charge in [0.05, 0.1) is 12.0 Å². The van der Waals surface area contributed by atoms with Gasteiger partial charge in [-0.25, -0.2) is 4.79 Å². The number of carbonyl (C=O) groups excluding carboxylic acids is 1. The Morgan fingerprint density at radius 2 is 1.95 bits per heavy atom. The number of rotatable bonds is 5. The first-order chi connectivity index (χ1) is 10.3. The topological polar surface area (TPSA) is 56.1 Å². The number of urea groups is 1. The maximum absolute atomic E-state index is 13.2. The number of nitrogens with one attached hydrogen (secondary N) is 1. The minimum absolute atomic E-state index is 0.0345. The summed E-state index contributed by atoms with van der Waals surface area (Å²) in [5, 5.41) is 10.8. The predicted molar refractivity (Wildman–Crippen MR) is 75.8 cm³/mol. The number of hydrogen-bond donors (Lipinski definition) is 1. The second-order valence-electron chi connectivity index (χ2n) is 4.90. The van der Waals surface area contributed by atoms with Crippen LogP contribution in [-0.2, 0) is 0 Å². The Morgan fingerprint density at radius 3 is 2.41 bits per heavy atom. The van der Waals surface area contributed by atoms with Gasteiger partial charge in [0.2, 0.25) is 0 Å². The van der Waals surface area contributed by atoms with E-state index >= 15 is 0 Å². The molecule has 1 rings (SSSR count). The molecular formula is C15H18F3N3O. The highest BCUT2D eigenvalue weighted by molar-refractivity contribution is 5.74. The van der Waals surface area contributed by atoms with E-state index in [0.29, 0.717) is 0 Å². The molecule has 0 unspecified atom stereocenters. The van der Waals surface area contributed by atoms with Gasteiger partial charge in [0.25, 0.3) is 0 Å². The summed E-state index contributed by atoms with van der Waals surface area (Å²) in [6, 6.07) is 6.23. The van der Waals surface area contributed by atoms with Crippen LogP contribution in [0.4, 0.5) is 18.0 Å². The minimum atomic E-state index is -4.60. The molecule has 0 spiro atoms. The molecule has 0 radical (unpaired) electrons. The molecule has 7 heteroatoms. The lowest BCUT2D eigenvalue weighted by molar-refractivity contribution is -0.155. The van der Waals surface area contributed by atoms with Crippen LogP contribution in [0.25, 0.3) is 0 Å². The molecule has 0 fully saturated rings. The van der Waals surface area contributed by atoms with E-state index < -0.39 is 24.2 Å². The molecule has 1 aromatic carbocycles.